The van der Waals surface area contributed by atoms with Crippen LogP contribution in [0.4, 0.5) is 4.39 Å². The molecule has 2 aromatic heterocycles. The van der Waals surface area contributed by atoms with Crippen LogP contribution in [0, 0.1) is 12.7 Å². The summed E-state index contributed by atoms with van der Waals surface area (Å²) in [6.07, 6.45) is 2.94. The molecule has 0 saturated heterocycles. The number of aromatic nitrogens is 4. The Kier molecular flexibility index (Phi) is 6.10. The first kappa shape index (κ1) is 22.7. The predicted octanol–water partition coefficient (Wildman–Crippen LogP) is 4.25. The number of amides is 2. The van der Waals surface area contributed by atoms with Crippen LogP contribution in [0.25, 0.3) is 22.6 Å². The molecular weight excluding hydrogens is 459 g/mol. The molecule has 0 bridgehead atoms. The SMILES string of the molecule is Cc1c(C(=O)NNC(=O)c2cn(-c3ccccc3)nc2-c2ccccc2)cnn1-c1ccccc1F. The highest BCUT2D eigenvalue weighted by molar-refractivity contribution is 6.02. The average molecular weight is 481 g/mol. The fraction of sp³-hybridized carbons (Fsp3) is 0.0370. The molecule has 0 saturated carbocycles. The van der Waals surface area contributed by atoms with Crippen LogP contribution < -0.4 is 10.9 Å². The summed E-state index contributed by atoms with van der Waals surface area (Å²) >= 11 is 0. The fourth-order valence-corrected chi connectivity index (χ4v) is 3.81. The molecule has 0 aliphatic carbocycles. The molecule has 0 unspecified atom stereocenters. The van der Waals surface area contributed by atoms with Gasteiger partial charge in [0, 0.05) is 11.8 Å². The summed E-state index contributed by atoms with van der Waals surface area (Å²) in [7, 11) is 0. The van der Waals surface area contributed by atoms with E-state index in [9.17, 15) is 14.0 Å². The molecule has 5 aromatic rings. The van der Waals surface area contributed by atoms with Gasteiger partial charge in [-0.2, -0.15) is 10.2 Å². The highest BCUT2D eigenvalue weighted by Crippen LogP contribution is 2.23. The smallest absolute Gasteiger partial charge is 0.267 e. The lowest BCUT2D eigenvalue weighted by Crippen LogP contribution is -2.41. The molecule has 2 amide bonds. The van der Waals surface area contributed by atoms with Crippen molar-refractivity contribution in [2.75, 3.05) is 0 Å². The zero-order valence-electron chi connectivity index (χ0n) is 19.2. The van der Waals surface area contributed by atoms with E-state index >= 15 is 0 Å². The van der Waals surface area contributed by atoms with Gasteiger partial charge < -0.3 is 0 Å². The van der Waals surface area contributed by atoms with Crippen molar-refractivity contribution in [3.63, 3.8) is 0 Å². The molecule has 0 spiro atoms. The summed E-state index contributed by atoms with van der Waals surface area (Å²) in [5.41, 5.74) is 8.01. The van der Waals surface area contributed by atoms with Crippen molar-refractivity contribution >= 4 is 11.8 Å². The van der Waals surface area contributed by atoms with Gasteiger partial charge >= 0.3 is 0 Å². The standard InChI is InChI=1S/C27H21FN6O2/c1-18-21(16-29-34(18)24-15-9-8-14-23(24)28)26(35)30-31-27(36)22-17-33(20-12-6-3-7-13-20)32-25(22)19-10-4-2-5-11-19/h2-17H,1H3,(H,30,35)(H,31,36). The number of rotatable bonds is 5. The normalized spacial score (nSPS) is 10.7. The molecule has 2 heterocycles. The van der Waals surface area contributed by atoms with Crippen LogP contribution in [0.1, 0.15) is 26.4 Å². The molecule has 8 nitrogen and oxygen atoms in total. The number of nitrogens with zero attached hydrogens (tertiary/aromatic N) is 4. The number of hydrogen-bond donors (Lipinski definition) is 2. The second kappa shape index (κ2) is 9.67. The maximum absolute atomic E-state index is 14.2. The van der Waals surface area contributed by atoms with Gasteiger partial charge in [-0.15, -0.1) is 0 Å². The molecule has 0 aliphatic rings. The van der Waals surface area contributed by atoms with Gasteiger partial charge in [0.25, 0.3) is 11.8 Å². The van der Waals surface area contributed by atoms with E-state index in [1.54, 1.807) is 36.0 Å². The van der Waals surface area contributed by atoms with Crippen molar-refractivity contribution in [3.8, 4) is 22.6 Å². The molecule has 0 atom stereocenters. The van der Waals surface area contributed by atoms with Gasteiger partial charge in [-0.05, 0) is 31.2 Å². The van der Waals surface area contributed by atoms with Crippen LogP contribution in [0.5, 0.6) is 0 Å². The van der Waals surface area contributed by atoms with E-state index in [-0.39, 0.29) is 16.8 Å². The van der Waals surface area contributed by atoms with Crippen molar-refractivity contribution < 1.29 is 14.0 Å². The minimum Gasteiger partial charge on any atom is -0.267 e. The zero-order chi connectivity index (χ0) is 25.1. The Morgan fingerprint density at radius 1 is 0.806 bits per heavy atom. The van der Waals surface area contributed by atoms with E-state index in [1.165, 1.54) is 16.9 Å². The van der Waals surface area contributed by atoms with Gasteiger partial charge in [0.05, 0.1) is 28.7 Å². The number of para-hydroxylation sites is 2. The summed E-state index contributed by atoms with van der Waals surface area (Å²) in [6.45, 7) is 1.65. The van der Waals surface area contributed by atoms with Gasteiger partial charge in [0.2, 0.25) is 0 Å². The van der Waals surface area contributed by atoms with Crippen molar-refractivity contribution in [3.05, 3.63) is 120 Å². The number of benzene rings is 3. The van der Waals surface area contributed by atoms with Gasteiger partial charge in [0.15, 0.2) is 0 Å². The summed E-state index contributed by atoms with van der Waals surface area (Å²) in [4.78, 5) is 25.9. The molecule has 5 rings (SSSR count). The van der Waals surface area contributed by atoms with Crippen LogP contribution in [0.2, 0.25) is 0 Å². The van der Waals surface area contributed by atoms with Crippen molar-refractivity contribution in [2.45, 2.75) is 6.92 Å². The third-order valence-corrected chi connectivity index (χ3v) is 5.65. The molecule has 0 aliphatic heterocycles. The van der Waals surface area contributed by atoms with Crippen LogP contribution >= 0.6 is 0 Å². The predicted molar refractivity (Wildman–Crippen MR) is 132 cm³/mol. The second-order valence-electron chi connectivity index (χ2n) is 7.95. The Morgan fingerprint density at radius 3 is 2.11 bits per heavy atom. The van der Waals surface area contributed by atoms with Crippen molar-refractivity contribution in [1.82, 2.24) is 30.4 Å². The van der Waals surface area contributed by atoms with E-state index in [4.69, 9.17) is 0 Å². The Balaban J connectivity index is 1.38. The Labute approximate surface area is 206 Å². The molecule has 0 fully saturated rings. The lowest BCUT2D eigenvalue weighted by atomic mass is 10.1. The first-order valence-corrected chi connectivity index (χ1v) is 11.1. The van der Waals surface area contributed by atoms with Crippen molar-refractivity contribution in [1.29, 1.82) is 0 Å². The first-order valence-electron chi connectivity index (χ1n) is 11.1. The van der Waals surface area contributed by atoms with E-state index in [1.807, 2.05) is 60.7 Å². The molecule has 0 radical (unpaired) electrons. The second-order valence-corrected chi connectivity index (χ2v) is 7.95. The van der Waals surface area contributed by atoms with Gasteiger partial charge in [-0.25, -0.2) is 13.8 Å². The summed E-state index contributed by atoms with van der Waals surface area (Å²) < 4.78 is 17.1. The van der Waals surface area contributed by atoms with Crippen LogP contribution in [-0.4, -0.2) is 31.4 Å². The number of nitrogens with one attached hydrogen (secondary N) is 2. The van der Waals surface area contributed by atoms with Crippen LogP contribution in [0.15, 0.2) is 97.3 Å². The largest absolute Gasteiger partial charge is 0.273 e. The van der Waals surface area contributed by atoms with Crippen molar-refractivity contribution in [2.24, 2.45) is 0 Å². The quantitative estimate of drug-likeness (QED) is 0.368. The fourth-order valence-electron chi connectivity index (χ4n) is 3.81. The summed E-state index contributed by atoms with van der Waals surface area (Å²) in [5, 5.41) is 8.74. The number of halogens is 1. The molecular formula is C27H21FN6O2. The van der Waals surface area contributed by atoms with Gasteiger partial charge in [-0.3, -0.25) is 20.4 Å². The third kappa shape index (κ3) is 4.37. The molecule has 3 aromatic carbocycles. The summed E-state index contributed by atoms with van der Waals surface area (Å²) in [5.74, 6) is -1.59. The average Bonchev–Trinajstić information content (AvgIpc) is 3.53. The monoisotopic (exact) mass is 480 g/mol. The Morgan fingerprint density at radius 2 is 1.42 bits per heavy atom. The zero-order valence-corrected chi connectivity index (χ0v) is 19.2. The molecule has 178 valence electrons. The highest BCUT2D eigenvalue weighted by Gasteiger charge is 2.21. The third-order valence-electron chi connectivity index (χ3n) is 5.65. The minimum atomic E-state index is -0.583. The number of carbonyl (C=O) groups excluding carboxylic acids is 2. The Bertz CT molecular complexity index is 1540. The minimum absolute atomic E-state index is 0.196. The van der Waals surface area contributed by atoms with E-state index in [0.29, 0.717) is 11.4 Å². The van der Waals surface area contributed by atoms with Crippen LogP contribution in [-0.2, 0) is 0 Å². The summed E-state index contributed by atoms with van der Waals surface area (Å²) in [6, 6.07) is 24.8. The maximum Gasteiger partial charge on any atom is 0.273 e. The lowest BCUT2D eigenvalue weighted by molar-refractivity contribution is 0.0846. The van der Waals surface area contributed by atoms with E-state index in [2.05, 4.69) is 21.0 Å². The highest BCUT2D eigenvalue weighted by atomic mass is 19.1. The first-order chi connectivity index (χ1) is 17.5. The van der Waals surface area contributed by atoms with Gasteiger partial charge in [-0.1, -0.05) is 60.7 Å². The Hall–Kier alpha value is -5.05. The molecule has 2 N–H and O–H groups in total. The van der Waals surface area contributed by atoms with E-state index in [0.717, 1.165) is 11.3 Å². The number of hydrazine groups is 1. The molecule has 9 heteroatoms. The van der Waals surface area contributed by atoms with Gasteiger partial charge in [0.1, 0.15) is 17.2 Å². The molecule has 36 heavy (non-hydrogen) atoms. The number of carbonyl (C=O) groups is 2. The van der Waals surface area contributed by atoms with E-state index < -0.39 is 17.6 Å². The topological polar surface area (TPSA) is 93.8 Å². The number of hydrogen-bond acceptors (Lipinski definition) is 4. The maximum atomic E-state index is 14.2. The lowest BCUT2D eigenvalue weighted by Gasteiger charge is -2.08. The van der Waals surface area contributed by atoms with Crippen LogP contribution in [0.3, 0.4) is 0 Å².